The number of carbonyl (C=O) groups excluding carboxylic acids is 1. The summed E-state index contributed by atoms with van der Waals surface area (Å²) in [6.45, 7) is -0.795. The van der Waals surface area contributed by atoms with Crippen LogP contribution in [-0.4, -0.2) is 22.4 Å². The Morgan fingerprint density at radius 3 is 2.28 bits per heavy atom. The molecular weight excluding hydrogens is 339 g/mol. The van der Waals surface area contributed by atoms with Gasteiger partial charge in [0.05, 0.1) is 11.5 Å². The van der Waals surface area contributed by atoms with Crippen molar-refractivity contribution in [1.29, 1.82) is 0 Å². The average molecular weight is 353 g/mol. The molecule has 25 heavy (non-hydrogen) atoms. The summed E-state index contributed by atoms with van der Waals surface area (Å²) in [7, 11) is 0. The summed E-state index contributed by atoms with van der Waals surface area (Å²) in [6.07, 6.45) is -5.12. The summed E-state index contributed by atoms with van der Waals surface area (Å²) in [5.41, 5.74) is -1.10. The largest absolute Gasteiger partial charge is 0.508 e. The van der Waals surface area contributed by atoms with Crippen molar-refractivity contribution >= 4 is 5.78 Å². The second-order valence-corrected chi connectivity index (χ2v) is 5.47. The van der Waals surface area contributed by atoms with E-state index in [1.54, 1.807) is 0 Å². The number of aromatic hydroxyl groups is 1. The molecule has 2 aromatic rings. The number of ketones is 1. The molecule has 1 unspecified atom stereocenters. The topological polar surface area (TPSA) is 80.4 Å². The fourth-order valence-electron chi connectivity index (χ4n) is 2.55. The lowest BCUT2D eigenvalue weighted by molar-refractivity contribution is -0.483. The van der Waals surface area contributed by atoms with Gasteiger partial charge in [0.1, 0.15) is 5.75 Å². The van der Waals surface area contributed by atoms with Crippen molar-refractivity contribution in [3.05, 3.63) is 75.3 Å². The lowest BCUT2D eigenvalue weighted by atomic mass is 9.88. The molecule has 0 saturated carbocycles. The van der Waals surface area contributed by atoms with Crippen LogP contribution in [0.3, 0.4) is 0 Å². The minimum Gasteiger partial charge on any atom is -0.508 e. The van der Waals surface area contributed by atoms with Crippen LogP contribution >= 0.6 is 0 Å². The van der Waals surface area contributed by atoms with Crippen LogP contribution in [0.2, 0.25) is 0 Å². The maximum Gasteiger partial charge on any atom is 0.416 e. The number of carbonyl (C=O) groups is 1. The Hall–Kier alpha value is -2.90. The van der Waals surface area contributed by atoms with E-state index in [-0.39, 0.29) is 16.9 Å². The molecule has 5 nitrogen and oxygen atoms in total. The molecule has 0 aliphatic heterocycles. The molecule has 0 aromatic heterocycles. The van der Waals surface area contributed by atoms with E-state index >= 15 is 0 Å². The first-order chi connectivity index (χ1) is 11.7. The van der Waals surface area contributed by atoms with Gasteiger partial charge >= 0.3 is 6.18 Å². The third-order valence-electron chi connectivity index (χ3n) is 3.70. The standard InChI is InChI=1S/C17H14F3NO4/c18-17(19,20)15-4-2-1-3-14(15)12(10-21(24)25)9-16(23)11-5-7-13(22)8-6-11/h1-8,12,22H,9-10H2. The number of Topliss-reactive ketones (excluding diaryl/α,β-unsaturated/α-hetero) is 1. The first kappa shape index (κ1) is 18.4. The van der Waals surface area contributed by atoms with Crippen molar-refractivity contribution in [3.8, 4) is 5.75 Å². The van der Waals surface area contributed by atoms with Crippen LogP contribution < -0.4 is 0 Å². The van der Waals surface area contributed by atoms with Gasteiger partial charge in [-0.1, -0.05) is 18.2 Å². The monoisotopic (exact) mass is 353 g/mol. The summed E-state index contributed by atoms with van der Waals surface area (Å²) in [5.74, 6) is -1.82. The quantitative estimate of drug-likeness (QED) is 0.483. The lowest BCUT2D eigenvalue weighted by Gasteiger charge is -2.18. The Balaban J connectivity index is 2.36. The Labute approximate surface area is 140 Å². The molecule has 0 radical (unpaired) electrons. The van der Waals surface area contributed by atoms with Crippen molar-refractivity contribution in [1.82, 2.24) is 0 Å². The maximum atomic E-state index is 13.2. The van der Waals surface area contributed by atoms with E-state index in [2.05, 4.69) is 0 Å². The SMILES string of the molecule is O=C(CC(C[N+](=O)[O-])c1ccccc1C(F)(F)F)c1ccc(O)cc1. The highest BCUT2D eigenvalue weighted by molar-refractivity contribution is 5.96. The Bertz CT molecular complexity index is 772. The number of rotatable bonds is 6. The number of hydrogen-bond acceptors (Lipinski definition) is 4. The van der Waals surface area contributed by atoms with E-state index in [0.29, 0.717) is 0 Å². The van der Waals surface area contributed by atoms with E-state index in [1.807, 2.05) is 0 Å². The number of phenolic OH excluding ortho intramolecular Hbond substituents is 1. The van der Waals surface area contributed by atoms with Crippen LogP contribution in [-0.2, 0) is 6.18 Å². The van der Waals surface area contributed by atoms with Crippen molar-refractivity contribution in [2.24, 2.45) is 0 Å². The zero-order valence-corrected chi connectivity index (χ0v) is 12.9. The molecule has 2 aromatic carbocycles. The number of nitro groups is 1. The fraction of sp³-hybridized carbons (Fsp3) is 0.235. The number of phenols is 1. The number of nitrogens with zero attached hydrogens (tertiary/aromatic N) is 1. The van der Waals surface area contributed by atoms with Gasteiger partial charge in [0.15, 0.2) is 5.78 Å². The normalized spacial score (nSPS) is 12.6. The van der Waals surface area contributed by atoms with Crippen molar-refractivity contribution < 1.29 is 28.0 Å². The smallest absolute Gasteiger partial charge is 0.416 e. The highest BCUT2D eigenvalue weighted by Gasteiger charge is 2.36. The summed E-state index contributed by atoms with van der Waals surface area (Å²) < 4.78 is 39.5. The number of benzene rings is 2. The first-order valence-corrected chi connectivity index (χ1v) is 7.28. The summed E-state index contributed by atoms with van der Waals surface area (Å²) >= 11 is 0. The van der Waals surface area contributed by atoms with Crippen LogP contribution in [0.1, 0.15) is 33.8 Å². The van der Waals surface area contributed by atoms with Crippen LogP contribution in [0.5, 0.6) is 5.75 Å². The van der Waals surface area contributed by atoms with Crippen molar-refractivity contribution in [3.63, 3.8) is 0 Å². The molecule has 0 fully saturated rings. The van der Waals surface area contributed by atoms with E-state index < -0.39 is 41.3 Å². The van der Waals surface area contributed by atoms with Crippen LogP contribution in [0.4, 0.5) is 13.2 Å². The number of hydrogen-bond donors (Lipinski definition) is 1. The predicted molar refractivity (Wildman–Crippen MR) is 83.1 cm³/mol. The molecular formula is C17H14F3NO4. The third kappa shape index (κ3) is 4.79. The van der Waals surface area contributed by atoms with E-state index in [0.717, 1.165) is 12.1 Å². The first-order valence-electron chi connectivity index (χ1n) is 7.28. The molecule has 132 valence electrons. The fourth-order valence-corrected chi connectivity index (χ4v) is 2.55. The highest BCUT2D eigenvalue weighted by atomic mass is 19.4. The molecule has 0 bridgehead atoms. The van der Waals surface area contributed by atoms with Gasteiger partial charge in [0.25, 0.3) is 0 Å². The second kappa shape index (κ2) is 7.33. The molecule has 2 rings (SSSR count). The molecule has 1 N–H and O–H groups in total. The van der Waals surface area contributed by atoms with E-state index in [4.69, 9.17) is 0 Å². The van der Waals surface area contributed by atoms with Gasteiger partial charge in [-0.15, -0.1) is 0 Å². The maximum absolute atomic E-state index is 13.2. The minimum atomic E-state index is -4.67. The molecule has 0 amide bonds. The Kier molecular flexibility index (Phi) is 5.41. The van der Waals surface area contributed by atoms with Crippen molar-refractivity contribution in [2.45, 2.75) is 18.5 Å². The number of halogens is 3. The van der Waals surface area contributed by atoms with Gasteiger partial charge in [0, 0.05) is 16.9 Å². The van der Waals surface area contributed by atoms with Gasteiger partial charge in [-0.2, -0.15) is 13.2 Å². The Morgan fingerprint density at radius 2 is 1.72 bits per heavy atom. The van der Waals surface area contributed by atoms with E-state index in [9.17, 15) is 33.2 Å². The zero-order valence-electron chi connectivity index (χ0n) is 12.9. The second-order valence-electron chi connectivity index (χ2n) is 5.47. The molecule has 8 heteroatoms. The van der Waals surface area contributed by atoms with Crippen LogP contribution in [0.25, 0.3) is 0 Å². The number of alkyl halides is 3. The summed E-state index contributed by atoms with van der Waals surface area (Å²) in [4.78, 5) is 22.4. The predicted octanol–water partition coefficient (Wildman–Crippen LogP) is 4.04. The lowest BCUT2D eigenvalue weighted by Crippen LogP contribution is -2.20. The van der Waals surface area contributed by atoms with Gasteiger partial charge in [-0.25, -0.2) is 0 Å². The van der Waals surface area contributed by atoms with Gasteiger partial charge < -0.3 is 5.11 Å². The van der Waals surface area contributed by atoms with Crippen molar-refractivity contribution in [2.75, 3.05) is 6.54 Å². The van der Waals surface area contributed by atoms with Crippen LogP contribution in [0.15, 0.2) is 48.5 Å². The molecule has 0 saturated heterocycles. The summed E-state index contributed by atoms with van der Waals surface area (Å²) in [5, 5.41) is 20.1. The summed E-state index contributed by atoms with van der Waals surface area (Å²) in [6, 6.07) is 9.69. The third-order valence-corrected chi connectivity index (χ3v) is 3.70. The highest BCUT2D eigenvalue weighted by Crippen LogP contribution is 2.36. The molecule has 0 aliphatic rings. The van der Waals surface area contributed by atoms with E-state index in [1.165, 1.54) is 36.4 Å². The minimum absolute atomic E-state index is 0.0687. The van der Waals surface area contributed by atoms with Gasteiger partial charge in [-0.3, -0.25) is 14.9 Å². The Morgan fingerprint density at radius 1 is 1.12 bits per heavy atom. The molecule has 0 heterocycles. The molecule has 1 atom stereocenters. The average Bonchev–Trinajstić information content (AvgIpc) is 2.53. The zero-order chi connectivity index (χ0) is 18.6. The van der Waals surface area contributed by atoms with Crippen LogP contribution in [0, 0.1) is 10.1 Å². The molecule has 0 aliphatic carbocycles. The van der Waals surface area contributed by atoms with Gasteiger partial charge in [0.2, 0.25) is 6.54 Å². The van der Waals surface area contributed by atoms with Gasteiger partial charge in [-0.05, 0) is 35.9 Å². The molecule has 0 spiro atoms.